The van der Waals surface area contributed by atoms with E-state index in [1.54, 1.807) is 6.20 Å². The van der Waals surface area contributed by atoms with Gasteiger partial charge in [0, 0.05) is 24.0 Å². The first kappa shape index (κ1) is 13.0. The maximum absolute atomic E-state index is 11.9. The zero-order valence-corrected chi connectivity index (χ0v) is 11.1. The third-order valence-electron chi connectivity index (χ3n) is 3.33. The Morgan fingerprint density at radius 2 is 2.39 bits per heavy atom. The SMILES string of the molecule is Cc1ccc(CC(=O)NC2CCNC(C)C2)cn1. The predicted octanol–water partition coefficient (Wildman–Crippen LogP) is 1.19. The molecule has 1 aromatic heterocycles. The molecule has 1 fully saturated rings. The monoisotopic (exact) mass is 247 g/mol. The second kappa shape index (κ2) is 5.96. The fraction of sp³-hybridized carbons (Fsp3) is 0.571. The molecular formula is C14H21N3O. The lowest BCUT2D eigenvalue weighted by atomic mass is 10.0. The Balaban J connectivity index is 1.83. The molecule has 0 saturated carbocycles. The van der Waals surface area contributed by atoms with Gasteiger partial charge in [-0.15, -0.1) is 0 Å². The normalized spacial score (nSPS) is 23.7. The largest absolute Gasteiger partial charge is 0.353 e. The molecule has 2 unspecified atom stereocenters. The number of carbonyl (C=O) groups excluding carboxylic acids is 1. The van der Waals surface area contributed by atoms with Crippen LogP contribution in [0, 0.1) is 6.92 Å². The number of aromatic nitrogens is 1. The maximum atomic E-state index is 11.9. The van der Waals surface area contributed by atoms with E-state index in [0.29, 0.717) is 18.5 Å². The zero-order valence-electron chi connectivity index (χ0n) is 11.1. The second-order valence-corrected chi connectivity index (χ2v) is 5.13. The molecule has 4 heteroatoms. The molecule has 2 N–H and O–H groups in total. The number of piperidine rings is 1. The number of amides is 1. The van der Waals surface area contributed by atoms with Crippen molar-refractivity contribution in [1.82, 2.24) is 15.6 Å². The number of pyridine rings is 1. The molecule has 0 radical (unpaired) electrons. The van der Waals surface area contributed by atoms with Crippen molar-refractivity contribution < 1.29 is 4.79 Å². The van der Waals surface area contributed by atoms with E-state index in [4.69, 9.17) is 0 Å². The molecule has 0 bridgehead atoms. The number of carbonyl (C=O) groups is 1. The van der Waals surface area contributed by atoms with Crippen LogP contribution >= 0.6 is 0 Å². The minimum absolute atomic E-state index is 0.0970. The average Bonchev–Trinajstić information content (AvgIpc) is 2.32. The van der Waals surface area contributed by atoms with Crippen LogP contribution in [0.2, 0.25) is 0 Å². The smallest absolute Gasteiger partial charge is 0.224 e. The molecule has 1 aromatic rings. The standard InChI is InChI=1S/C14H21N3O/c1-10-3-4-12(9-16-10)8-14(18)17-13-5-6-15-11(2)7-13/h3-4,9,11,13,15H,5-8H2,1-2H3,(H,17,18). The van der Waals surface area contributed by atoms with Crippen LogP contribution in [0.5, 0.6) is 0 Å². The molecule has 2 heterocycles. The number of aryl methyl sites for hydroxylation is 1. The van der Waals surface area contributed by atoms with Crippen molar-refractivity contribution in [3.8, 4) is 0 Å². The highest BCUT2D eigenvalue weighted by molar-refractivity contribution is 5.78. The molecule has 18 heavy (non-hydrogen) atoms. The lowest BCUT2D eigenvalue weighted by Gasteiger charge is -2.28. The molecule has 4 nitrogen and oxygen atoms in total. The summed E-state index contributed by atoms with van der Waals surface area (Å²) in [5, 5.41) is 6.49. The van der Waals surface area contributed by atoms with Crippen molar-refractivity contribution in [2.45, 2.75) is 45.2 Å². The maximum Gasteiger partial charge on any atom is 0.224 e. The van der Waals surface area contributed by atoms with Gasteiger partial charge in [0.2, 0.25) is 5.91 Å². The van der Waals surface area contributed by atoms with E-state index in [9.17, 15) is 4.79 Å². The number of hydrogen-bond acceptors (Lipinski definition) is 3. The topological polar surface area (TPSA) is 54.0 Å². The Kier molecular flexibility index (Phi) is 4.31. The summed E-state index contributed by atoms with van der Waals surface area (Å²) in [5.41, 5.74) is 1.95. The summed E-state index contributed by atoms with van der Waals surface area (Å²) < 4.78 is 0. The van der Waals surface area contributed by atoms with Crippen LogP contribution in [-0.4, -0.2) is 29.5 Å². The van der Waals surface area contributed by atoms with Crippen LogP contribution < -0.4 is 10.6 Å². The van der Waals surface area contributed by atoms with E-state index >= 15 is 0 Å². The van der Waals surface area contributed by atoms with E-state index in [2.05, 4.69) is 22.5 Å². The van der Waals surface area contributed by atoms with Crippen molar-refractivity contribution in [2.75, 3.05) is 6.54 Å². The molecule has 0 aliphatic carbocycles. The lowest BCUT2D eigenvalue weighted by Crippen LogP contribution is -2.46. The minimum atomic E-state index is 0.0970. The fourth-order valence-corrected chi connectivity index (χ4v) is 2.33. The van der Waals surface area contributed by atoms with Gasteiger partial charge in [-0.2, -0.15) is 0 Å². The highest BCUT2D eigenvalue weighted by Crippen LogP contribution is 2.08. The number of rotatable bonds is 3. The molecule has 0 aromatic carbocycles. The number of hydrogen-bond donors (Lipinski definition) is 2. The summed E-state index contributed by atoms with van der Waals surface area (Å²) in [6.45, 7) is 5.08. The van der Waals surface area contributed by atoms with E-state index < -0.39 is 0 Å². The number of nitrogens with zero attached hydrogens (tertiary/aromatic N) is 1. The molecule has 1 aliphatic rings. The van der Waals surface area contributed by atoms with Gasteiger partial charge >= 0.3 is 0 Å². The summed E-state index contributed by atoms with van der Waals surface area (Å²) in [6, 6.07) is 4.71. The van der Waals surface area contributed by atoms with Crippen molar-refractivity contribution in [1.29, 1.82) is 0 Å². The van der Waals surface area contributed by atoms with Crippen LogP contribution in [0.25, 0.3) is 0 Å². The first-order chi connectivity index (χ1) is 8.63. The third-order valence-corrected chi connectivity index (χ3v) is 3.33. The van der Waals surface area contributed by atoms with Crippen LogP contribution in [0.4, 0.5) is 0 Å². The van der Waals surface area contributed by atoms with E-state index in [1.807, 2.05) is 19.1 Å². The summed E-state index contributed by atoms with van der Waals surface area (Å²) in [6.07, 6.45) is 4.23. The van der Waals surface area contributed by atoms with Gasteiger partial charge in [0.1, 0.15) is 0 Å². The molecule has 1 saturated heterocycles. The molecule has 1 aliphatic heterocycles. The lowest BCUT2D eigenvalue weighted by molar-refractivity contribution is -0.121. The molecule has 2 rings (SSSR count). The fourth-order valence-electron chi connectivity index (χ4n) is 2.33. The second-order valence-electron chi connectivity index (χ2n) is 5.13. The highest BCUT2D eigenvalue weighted by Gasteiger charge is 2.19. The van der Waals surface area contributed by atoms with Crippen LogP contribution in [-0.2, 0) is 11.2 Å². The Bertz CT molecular complexity index is 402. The van der Waals surface area contributed by atoms with Crippen molar-refractivity contribution in [3.63, 3.8) is 0 Å². The first-order valence-corrected chi connectivity index (χ1v) is 6.58. The predicted molar refractivity (Wildman–Crippen MR) is 71.3 cm³/mol. The van der Waals surface area contributed by atoms with Crippen LogP contribution in [0.3, 0.4) is 0 Å². The van der Waals surface area contributed by atoms with Gasteiger partial charge in [0.15, 0.2) is 0 Å². The Labute approximate surface area is 108 Å². The number of nitrogens with one attached hydrogen (secondary N) is 2. The van der Waals surface area contributed by atoms with E-state index in [1.165, 1.54) is 0 Å². The Morgan fingerprint density at radius 3 is 3.06 bits per heavy atom. The first-order valence-electron chi connectivity index (χ1n) is 6.58. The van der Waals surface area contributed by atoms with Gasteiger partial charge in [0.25, 0.3) is 0 Å². The van der Waals surface area contributed by atoms with Crippen LogP contribution in [0.1, 0.15) is 31.0 Å². The van der Waals surface area contributed by atoms with Gasteiger partial charge < -0.3 is 10.6 Å². The summed E-state index contributed by atoms with van der Waals surface area (Å²) in [5.74, 6) is 0.0970. The van der Waals surface area contributed by atoms with E-state index in [-0.39, 0.29) is 5.91 Å². The third kappa shape index (κ3) is 3.81. The Hall–Kier alpha value is -1.42. The van der Waals surface area contributed by atoms with Gasteiger partial charge in [-0.25, -0.2) is 0 Å². The minimum Gasteiger partial charge on any atom is -0.353 e. The molecule has 2 atom stereocenters. The zero-order chi connectivity index (χ0) is 13.0. The molecule has 0 spiro atoms. The van der Waals surface area contributed by atoms with Gasteiger partial charge in [0.05, 0.1) is 6.42 Å². The van der Waals surface area contributed by atoms with Crippen molar-refractivity contribution in [2.24, 2.45) is 0 Å². The van der Waals surface area contributed by atoms with Crippen LogP contribution in [0.15, 0.2) is 18.3 Å². The highest BCUT2D eigenvalue weighted by atomic mass is 16.1. The molecule has 98 valence electrons. The van der Waals surface area contributed by atoms with Crippen molar-refractivity contribution in [3.05, 3.63) is 29.6 Å². The van der Waals surface area contributed by atoms with Gasteiger partial charge in [-0.3, -0.25) is 9.78 Å². The summed E-state index contributed by atoms with van der Waals surface area (Å²) >= 11 is 0. The van der Waals surface area contributed by atoms with Gasteiger partial charge in [-0.05, 0) is 44.9 Å². The van der Waals surface area contributed by atoms with Gasteiger partial charge in [-0.1, -0.05) is 6.07 Å². The molecular weight excluding hydrogens is 226 g/mol. The molecule has 1 amide bonds. The van der Waals surface area contributed by atoms with Crippen molar-refractivity contribution >= 4 is 5.91 Å². The average molecular weight is 247 g/mol. The Morgan fingerprint density at radius 1 is 1.56 bits per heavy atom. The van der Waals surface area contributed by atoms with E-state index in [0.717, 1.165) is 30.6 Å². The quantitative estimate of drug-likeness (QED) is 0.843. The summed E-state index contributed by atoms with van der Waals surface area (Å²) in [4.78, 5) is 16.1. The summed E-state index contributed by atoms with van der Waals surface area (Å²) in [7, 11) is 0.